The lowest BCUT2D eigenvalue weighted by molar-refractivity contribution is -0.125. The number of hydrogen-bond acceptors (Lipinski definition) is 4. The molecule has 7 heteroatoms. The number of fused-ring (bicyclic) bond motifs is 2. The highest BCUT2D eigenvalue weighted by atomic mass is 32.2. The summed E-state index contributed by atoms with van der Waals surface area (Å²) < 4.78 is 48.1. The first kappa shape index (κ1) is 21.6. The Hall–Kier alpha value is -3.19. The second-order valence-electron chi connectivity index (χ2n) is 8.76. The molecule has 0 heterocycles. The third-order valence-corrected chi connectivity index (χ3v) is 8.27. The third kappa shape index (κ3) is 3.70. The van der Waals surface area contributed by atoms with Crippen molar-refractivity contribution in [3.63, 3.8) is 0 Å². The number of halogens is 1. The zero-order valence-electron chi connectivity index (χ0n) is 18.2. The Morgan fingerprint density at radius 1 is 1.06 bits per heavy atom. The number of methoxy groups -OCH3 is 1. The number of sulfonamides is 1. The van der Waals surface area contributed by atoms with Gasteiger partial charge < -0.3 is 4.74 Å². The van der Waals surface area contributed by atoms with Crippen molar-refractivity contribution in [2.75, 3.05) is 11.8 Å². The molecule has 2 aliphatic rings. The lowest BCUT2D eigenvalue weighted by atomic mass is 9.64. The molecule has 1 saturated carbocycles. The molecule has 0 unspecified atom stereocenters. The van der Waals surface area contributed by atoms with Crippen LogP contribution in [0.1, 0.15) is 41.5 Å². The van der Waals surface area contributed by atoms with Crippen LogP contribution in [-0.4, -0.2) is 21.3 Å². The number of anilines is 1. The third-order valence-electron chi connectivity index (χ3n) is 6.85. The van der Waals surface area contributed by atoms with Crippen LogP contribution < -0.4 is 9.46 Å². The number of nitrogens with one attached hydrogen (secondary N) is 1. The zero-order valence-corrected chi connectivity index (χ0v) is 19.0. The minimum absolute atomic E-state index is 0.208. The fourth-order valence-electron chi connectivity index (χ4n) is 5.00. The summed E-state index contributed by atoms with van der Waals surface area (Å²) in [5.41, 5.74) is 3.75. The maximum Gasteiger partial charge on any atom is 0.264 e. The Balaban J connectivity index is 1.57. The van der Waals surface area contributed by atoms with Gasteiger partial charge in [-0.1, -0.05) is 36.8 Å². The Labute approximate surface area is 192 Å². The average molecular weight is 466 g/mol. The van der Waals surface area contributed by atoms with Gasteiger partial charge in [-0.05, 0) is 65.8 Å². The maximum atomic E-state index is 14.5. The molecule has 170 valence electrons. The molecule has 3 aromatic rings. The lowest BCUT2D eigenvalue weighted by Gasteiger charge is -2.38. The molecule has 33 heavy (non-hydrogen) atoms. The number of carbonyl (C=O) groups excluding carboxylic acids is 1. The Morgan fingerprint density at radius 2 is 1.82 bits per heavy atom. The molecule has 5 nitrogen and oxygen atoms in total. The van der Waals surface area contributed by atoms with E-state index in [9.17, 15) is 17.6 Å². The zero-order chi connectivity index (χ0) is 23.2. The summed E-state index contributed by atoms with van der Waals surface area (Å²) in [6.45, 7) is 0. The fourth-order valence-corrected chi connectivity index (χ4v) is 6.10. The molecule has 3 aromatic carbocycles. The monoisotopic (exact) mass is 465 g/mol. The molecule has 1 fully saturated rings. The molecule has 5 rings (SSSR count). The van der Waals surface area contributed by atoms with Crippen molar-refractivity contribution in [2.24, 2.45) is 0 Å². The van der Waals surface area contributed by atoms with Gasteiger partial charge in [-0.2, -0.15) is 0 Å². The summed E-state index contributed by atoms with van der Waals surface area (Å²) in [6, 6.07) is 17.0. The second kappa shape index (κ2) is 7.99. The molecular weight excluding hydrogens is 441 g/mol. The van der Waals surface area contributed by atoms with Crippen LogP contribution in [0.4, 0.5) is 10.1 Å². The topological polar surface area (TPSA) is 72.5 Å². The summed E-state index contributed by atoms with van der Waals surface area (Å²) in [6.07, 6.45) is 3.50. The molecule has 0 amide bonds. The highest BCUT2D eigenvalue weighted by molar-refractivity contribution is 7.92. The highest BCUT2D eigenvalue weighted by Gasteiger charge is 2.51. The van der Waals surface area contributed by atoms with E-state index >= 15 is 0 Å². The maximum absolute atomic E-state index is 14.5. The number of benzene rings is 3. The molecule has 0 radical (unpaired) electrons. The summed E-state index contributed by atoms with van der Waals surface area (Å²) in [7, 11) is -2.79. The summed E-state index contributed by atoms with van der Waals surface area (Å²) in [5.74, 6) is -0.447. The van der Waals surface area contributed by atoms with Gasteiger partial charge >= 0.3 is 0 Å². The summed E-state index contributed by atoms with van der Waals surface area (Å²) >= 11 is 0. The highest BCUT2D eigenvalue weighted by Crippen LogP contribution is 2.52. The van der Waals surface area contributed by atoms with Gasteiger partial charge in [0.05, 0.1) is 12.5 Å². The standard InChI is InChI=1S/C26H24FNO4S/c1-32-20-8-9-24(23(27)15-20)33(30,31)28-19-13-18(12-17-6-3-2-4-7-17)21-16-25(29)26(10-5-11-26)22(21)14-19/h2-4,6-9,13-15,28H,5,10-12,16H2,1H3. The van der Waals surface area contributed by atoms with Crippen LogP contribution in [0, 0.1) is 5.82 Å². The number of Topliss-reactive ketones (excluding diaryl/α,β-unsaturated/α-hetero) is 1. The molecule has 1 spiro atoms. The first-order chi connectivity index (χ1) is 15.8. The molecule has 0 aliphatic heterocycles. The van der Waals surface area contributed by atoms with E-state index < -0.39 is 26.2 Å². The smallest absolute Gasteiger partial charge is 0.264 e. The van der Waals surface area contributed by atoms with Crippen LogP contribution >= 0.6 is 0 Å². The van der Waals surface area contributed by atoms with Gasteiger partial charge in [-0.25, -0.2) is 12.8 Å². The van der Waals surface area contributed by atoms with Crippen LogP contribution in [-0.2, 0) is 33.1 Å². The van der Waals surface area contributed by atoms with Crippen LogP contribution in [0.5, 0.6) is 5.75 Å². The van der Waals surface area contributed by atoms with Crippen molar-refractivity contribution in [3.8, 4) is 5.75 Å². The van der Waals surface area contributed by atoms with Crippen LogP contribution in [0.15, 0.2) is 65.6 Å². The molecule has 0 aromatic heterocycles. The second-order valence-corrected chi connectivity index (χ2v) is 10.4. The molecule has 2 aliphatic carbocycles. The summed E-state index contributed by atoms with van der Waals surface area (Å²) in [4.78, 5) is 12.5. The van der Waals surface area contributed by atoms with Gasteiger partial charge in [0.25, 0.3) is 10.0 Å². The first-order valence-corrected chi connectivity index (χ1v) is 12.4. The van der Waals surface area contributed by atoms with E-state index in [4.69, 9.17) is 4.74 Å². The number of hydrogen-bond donors (Lipinski definition) is 1. The minimum atomic E-state index is -4.18. The number of rotatable bonds is 6. The number of ether oxygens (including phenoxy) is 1. The van der Waals surface area contributed by atoms with E-state index in [-0.39, 0.29) is 11.5 Å². The first-order valence-electron chi connectivity index (χ1n) is 10.9. The van der Waals surface area contributed by atoms with Crippen molar-refractivity contribution in [3.05, 3.63) is 88.7 Å². The van der Waals surface area contributed by atoms with Crippen LogP contribution in [0.25, 0.3) is 0 Å². The van der Waals surface area contributed by atoms with Gasteiger partial charge in [0.1, 0.15) is 22.2 Å². The van der Waals surface area contributed by atoms with Gasteiger partial charge in [-0.15, -0.1) is 0 Å². The molecule has 0 bridgehead atoms. The van der Waals surface area contributed by atoms with Gasteiger partial charge in [0.2, 0.25) is 0 Å². The largest absolute Gasteiger partial charge is 0.497 e. The van der Waals surface area contributed by atoms with Crippen molar-refractivity contribution >= 4 is 21.5 Å². The van der Waals surface area contributed by atoms with E-state index in [2.05, 4.69) is 4.72 Å². The van der Waals surface area contributed by atoms with Gasteiger partial charge in [0, 0.05) is 18.2 Å². The van der Waals surface area contributed by atoms with Crippen LogP contribution in [0.3, 0.4) is 0 Å². The number of carbonyl (C=O) groups is 1. The van der Waals surface area contributed by atoms with Crippen molar-refractivity contribution < 1.29 is 22.3 Å². The van der Waals surface area contributed by atoms with E-state index in [1.165, 1.54) is 19.2 Å². The lowest BCUT2D eigenvalue weighted by Crippen LogP contribution is -2.39. The normalized spacial score (nSPS) is 16.4. The van der Waals surface area contributed by atoms with E-state index in [1.807, 2.05) is 30.3 Å². The van der Waals surface area contributed by atoms with Gasteiger partial charge in [-0.3, -0.25) is 9.52 Å². The Kier molecular flexibility index (Phi) is 5.24. The van der Waals surface area contributed by atoms with E-state index in [1.54, 1.807) is 12.1 Å². The molecule has 1 N–H and O–H groups in total. The van der Waals surface area contributed by atoms with Crippen molar-refractivity contribution in [1.29, 1.82) is 0 Å². The SMILES string of the molecule is COc1ccc(S(=O)(=O)Nc2cc(Cc3ccccc3)c3c(c2)C2(CCC2)C(=O)C3)c(F)c1. The molecule has 0 atom stereocenters. The predicted molar refractivity (Wildman–Crippen MR) is 124 cm³/mol. The quantitative estimate of drug-likeness (QED) is 0.569. The number of ketones is 1. The molecule has 0 saturated heterocycles. The average Bonchev–Trinajstić information content (AvgIpc) is 3.06. The Bertz CT molecular complexity index is 1350. The van der Waals surface area contributed by atoms with Crippen molar-refractivity contribution in [2.45, 2.75) is 42.4 Å². The van der Waals surface area contributed by atoms with E-state index in [0.29, 0.717) is 18.5 Å². The predicted octanol–water partition coefficient (Wildman–Crippen LogP) is 4.77. The summed E-state index contributed by atoms with van der Waals surface area (Å²) in [5, 5.41) is 0. The minimum Gasteiger partial charge on any atom is -0.497 e. The Morgan fingerprint density at radius 3 is 2.45 bits per heavy atom. The van der Waals surface area contributed by atoms with Crippen LogP contribution in [0.2, 0.25) is 0 Å². The fraction of sp³-hybridized carbons (Fsp3) is 0.269. The van der Waals surface area contributed by atoms with Gasteiger partial charge in [0.15, 0.2) is 0 Å². The van der Waals surface area contributed by atoms with Crippen molar-refractivity contribution in [1.82, 2.24) is 0 Å². The van der Waals surface area contributed by atoms with E-state index in [0.717, 1.165) is 47.6 Å². The molecular formula is C26H24FNO4S.